The van der Waals surface area contributed by atoms with Crippen molar-refractivity contribution in [3.63, 3.8) is 0 Å². The molecule has 3 aromatic rings. The number of amides is 4. The molecule has 0 radical (unpaired) electrons. The van der Waals surface area contributed by atoms with Gasteiger partial charge in [0, 0.05) is 23.0 Å². The minimum atomic E-state index is -1.41. The Hall–Kier alpha value is -4.30. The van der Waals surface area contributed by atoms with E-state index in [0.717, 1.165) is 11.1 Å². The Morgan fingerprint density at radius 1 is 0.897 bits per heavy atom. The summed E-state index contributed by atoms with van der Waals surface area (Å²) in [5, 5.41) is 6.30. The van der Waals surface area contributed by atoms with E-state index in [0.29, 0.717) is 23.4 Å². The average Bonchev–Trinajstić information content (AvgIpc) is 3.51. The lowest BCUT2D eigenvalue weighted by atomic mass is 9.76. The Morgan fingerprint density at radius 3 is 2.31 bits per heavy atom. The predicted molar refractivity (Wildman–Crippen MR) is 146 cm³/mol. The Kier molecular flexibility index (Phi) is 6.07. The first kappa shape index (κ1) is 25.0. The largest absolute Gasteiger partial charge is 0.325 e. The van der Waals surface area contributed by atoms with Gasteiger partial charge in [-0.25, -0.2) is 0 Å². The van der Waals surface area contributed by atoms with Crippen molar-refractivity contribution in [3.8, 4) is 0 Å². The zero-order valence-corrected chi connectivity index (χ0v) is 21.9. The number of rotatable bonds is 6. The number of anilines is 2. The van der Waals surface area contributed by atoms with Gasteiger partial charge in [0.05, 0.1) is 18.4 Å². The minimum Gasteiger partial charge on any atom is -0.325 e. The molecule has 3 heterocycles. The van der Waals surface area contributed by atoms with Gasteiger partial charge in [-0.05, 0) is 37.1 Å². The monoisotopic (exact) mass is 522 g/mol. The molecule has 198 valence electrons. The fraction of sp³-hybridized carbons (Fsp3) is 0.290. The highest BCUT2D eigenvalue weighted by Crippen LogP contribution is 2.55. The van der Waals surface area contributed by atoms with Crippen molar-refractivity contribution in [2.24, 2.45) is 11.8 Å². The number of benzene rings is 3. The maximum atomic E-state index is 14.3. The molecule has 4 unspecified atom stereocenters. The van der Waals surface area contributed by atoms with Crippen LogP contribution in [-0.4, -0.2) is 41.1 Å². The van der Waals surface area contributed by atoms with E-state index in [9.17, 15) is 19.2 Å². The fourth-order valence-electron chi connectivity index (χ4n) is 6.42. The van der Waals surface area contributed by atoms with Crippen LogP contribution in [0.15, 0.2) is 78.9 Å². The summed E-state index contributed by atoms with van der Waals surface area (Å²) < 4.78 is 0. The van der Waals surface area contributed by atoms with Crippen molar-refractivity contribution in [1.29, 1.82) is 0 Å². The van der Waals surface area contributed by atoms with E-state index in [4.69, 9.17) is 0 Å². The summed E-state index contributed by atoms with van der Waals surface area (Å²) in [6.45, 7) is 3.86. The number of nitrogens with one attached hydrogen (secondary N) is 2. The summed E-state index contributed by atoms with van der Waals surface area (Å²) >= 11 is 0. The summed E-state index contributed by atoms with van der Waals surface area (Å²) in [6, 6.07) is 23.7. The second-order valence-corrected chi connectivity index (χ2v) is 10.5. The molecular weight excluding hydrogens is 492 g/mol. The first-order valence-electron chi connectivity index (χ1n) is 13.3. The third-order valence-electron chi connectivity index (χ3n) is 8.22. The van der Waals surface area contributed by atoms with Crippen LogP contribution in [0.2, 0.25) is 0 Å². The maximum absolute atomic E-state index is 14.3. The molecule has 2 fully saturated rings. The second-order valence-electron chi connectivity index (χ2n) is 10.5. The number of likely N-dealkylation sites (tertiary alicyclic amines) is 1. The van der Waals surface area contributed by atoms with Crippen molar-refractivity contribution in [1.82, 2.24) is 10.2 Å². The first-order valence-corrected chi connectivity index (χ1v) is 13.3. The molecule has 3 aliphatic rings. The van der Waals surface area contributed by atoms with Crippen LogP contribution in [0.5, 0.6) is 0 Å². The predicted octanol–water partition coefficient (Wildman–Crippen LogP) is 3.36. The van der Waals surface area contributed by atoms with Crippen LogP contribution in [0, 0.1) is 18.8 Å². The summed E-state index contributed by atoms with van der Waals surface area (Å²) in [6.07, 6.45) is 0.574. The topological polar surface area (TPSA) is 98.8 Å². The van der Waals surface area contributed by atoms with E-state index in [1.807, 2.05) is 86.6 Å². The average molecular weight is 523 g/mol. The maximum Gasteiger partial charge on any atom is 0.253 e. The molecule has 8 nitrogen and oxygen atoms in total. The molecule has 0 aromatic heterocycles. The third kappa shape index (κ3) is 3.86. The van der Waals surface area contributed by atoms with Crippen LogP contribution in [0.3, 0.4) is 0 Å². The van der Waals surface area contributed by atoms with Gasteiger partial charge >= 0.3 is 0 Å². The fourth-order valence-corrected chi connectivity index (χ4v) is 6.42. The zero-order valence-electron chi connectivity index (χ0n) is 21.9. The molecule has 6 rings (SSSR count). The van der Waals surface area contributed by atoms with Gasteiger partial charge in [-0.1, -0.05) is 73.2 Å². The van der Waals surface area contributed by atoms with Crippen LogP contribution in [0.25, 0.3) is 0 Å². The highest BCUT2D eigenvalue weighted by atomic mass is 16.2. The highest BCUT2D eigenvalue weighted by molar-refractivity contribution is 6.17. The number of fused-ring (bicyclic) bond motifs is 4. The van der Waals surface area contributed by atoms with Gasteiger partial charge in [0.15, 0.2) is 0 Å². The SMILES string of the molecule is CCC1NC2(C(=O)N(CC(=O)Nc3ccc(C)cc3)c3ccccc32)C2C(=O)N(Cc3ccccc3)C(=O)C12. The lowest BCUT2D eigenvalue weighted by Gasteiger charge is -2.30. The normalized spacial score (nSPS) is 25.4. The smallest absolute Gasteiger partial charge is 0.253 e. The van der Waals surface area contributed by atoms with Crippen molar-refractivity contribution in [2.75, 3.05) is 16.8 Å². The van der Waals surface area contributed by atoms with Gasteiger partial charge < -0.3 is 10.2 Å². The molecule has 3 aliphatic heterocycles. The minimum absolute atomic E-state index is 0.163. The van der Waals surface area contributed by atoms with Gasteiger partial charge in [-0.2, -0.15) is 0 Å². The standard InChI is InChI=1S/C31H30N4O4/c1-3-23-26-27(29(38)35(28(26)37)17-20-9-5-4-6-10-20)31(33-23)22-11-7-8-12-24(22)34(30(31)39)18-25(36)32-21-15-13-19(2)14-16-21/h4-16,23,26-27,33H,3,17-18H2,1-2H3,(H,32,36). The van der Waals surface area contributed by atoms with E-state index >= 15 is 0 Å². The quantitative estimate of drug-likeness (QED) is 0.484. The van der Waals surface area contributed by atoms with Gasteiger partial charge in [-0.15, -0.1) is 0 Å². The second kappa shape index (κ2) is 9.47. The number of aryl methyl sites for hydroxylation is 1. The van der Waals surface area contributed by atoms with Gasteiger partial charge in [0.2, 0.25) is 17.7 Å². The molecule has 0 bridgehead atoms. The van der Waals surface area contributed by atoms with Crippen molar-refractivity contribution < 1.29 is 19.2 Å². The van der Waals surface area contributed by atoms with Gasteiger partial charge in [-0.3, -0.25) is 29.4 Å². The van der Waals surface area contributed by atoms with Gasteiger partial charge in [0.25, 0.3) is 5.91 Å². The van der Waals surface area contributed by atoms with Crippen LogP contribution in [-0.2, 0) is 31.3 Å². The van der Waals surface area contributed by atoms with Crippen LogP contribution in [0.1, 0.15) is 30.0 Å². The Balaban J connectivity index is 1.35. The molecule has 2 saturated heterocycles. The van der Waals surface area contributed by atoms with Gasteiger partial charge in [0.1, 0.15) is 12.1 Å². The highest BCUT2D eigenvalue weighted by Gasteiger charge is 2.71. The number of hydrogen-bond donors (Lipinski definition) is 2. The Morgan fingerprint density at radius 2 is 1.59 bits per heavy atom. The molecule has 1 spiro atoms. The zero-order chi connectivity index (χ0) is 27.3. The summed E-state index contributed by atoms with van der Waals surface area (Å²) in [5.41, 5.74) is 2.35. The first-order chi connectivity index (χ1) is 18.8. The van der Waals surface area contributed by atoms with Crippen LogP contribution in [0.4, 0.5) is 11.4 Å². The van der Waals surface area contributed by atoms with E-state index in [1.54, 1.807) is 6.07 Å². The van der Waals surface area contributed by atoms with Crippen LogP contribution < -0.4 is 15.5 Å². The summed E-state index contributed by atoms with van der Waals surface area (Å²) in [5.74, 6) is -2.89. The number of carbonyl (C=O) groups is 4. The van der Waals surface area contributed by atoms with Crippen molar-refractivity contribution in [2.45, 2.75) is 38.4 Å². The molecular formula is C31H30N4O4. The number of para-hydroxylation sites is 1. The van der Waals surface area contributed by atoms with Crippen molar-refractivity contribution in [3.05, 3.63) is 95.6 Å². The van der Waals surface area contributed by atoms with Crippen LogP contribution >= 0.6 is 0 Å². The molecule has 0 saturated carbocycles. The number of carbonyl (C=O) groups excluding carboxylic acids is 4. The van der Waals surface area contributed by atoms with E-state index < -0.39 is 17.4 Å². The lowest BCUT2D eigenvalue weighted by Crippen LogP contribution is -2.55. The third-order valence-corrected chi connectivity index (χ3v) is 8.22. The summed E-state index contributed by atoms with van der Waals surface area (Å²) in [4.78, 5) is 57.9. The molecule has 39 heavy (non-hydrogen) atoms. The van der Waals surface area contributed by atoms with E-state index in [1.165, 1.54) is 9.80 Å². The molecule has 2 N–H and O–H groups in total. The molecule has 0 aliphatic carbocycles. The number of nitrogens with zero attached hydrogens (tertiary/aromatic N) is 2. The molecule has 4 atom stereocenters. The molecule has 3 aromatic carbocycles. The van der Waals surface area contributed by atoms with Crippen molar-refractivity contribution >= 4 is 35.0 Å². The van der Waals surface area contributed by atoms with E-state index in [-0.39, 0.29) is 42.8 Å². The van der Waals surface area contributed by atoms with E-state index in [2.05, 4.69) is 10.6 Å². The number of hydrogen-bond acceptors (Lipinski definition) is 5. The molecule has 4 amide bonds. The summed E-state index contributed by atoms with van der Waals surface area (Å²) in [7, 11) is 0. The Bertz CT molecular complexity index is 1470. The lowest BCUT2D eigenvalue weighted by molar-refractivity contribution is -0.143. The number of imide groups is 1. The Labute approximate surface area is 227 Å². The molecule has 8 heteroatoms.